The van der Waals surface area contributed by atoms with E-state index in [4.69, 9.17) is 0 Å². The molecule has 0 fully saturated rings. The Morgan fingerprint density at radius 2 is 1.18 bits per heavy atom. The summed E-state index contributed by atoms with van der Waals surface area (Å²) >= 11 is 0. The van der Waals surface area contributed by atoms with Crippen molar-refractivity contribution in [3.63, 3.8) is 0 Å². The minimum atomic E-state index is 1.12. The molecule has 0 heteroatoms. The Bertz CT molecular complexity index is 167. The molecule has 0 bridgehead atoms. The summed E-state index contributed by atoms with van der Waals surface area (Å²) < 4.78 is 0. The molecule has 0 unspecified atom stereocenters. The fourth-order valence-electron chi connectivity index (χ4n) is 2.02. The van der Waals surface area contributed by atoms with Crippen LogP contribution in [0.1, 0.15) is 84.0 Å². The first kappa shape index (κ1) is 16.5. The third kappa shape index (κ3) is 15.5. The Morgan fingerprint density at radius 3 is 1.76 bits per heavy atom. The highest BCUT2D eigenvalue weighted by Crippen LogP contribution is 2.10. The van der Waals surface area contributed by atoms with Crippen molar-refractivity contribution in [1.82, 2.24) is 0 Å². The van der Waals surface area contributed by atoms with E-state index in [-0.39, 0.29) is 0 Å². The molecule has 0 aliphatic rings. The van der Waals surface area contributed by atoms with Gasteiger partial charge >= 0.3 is 0 Å². The van der Waals surface area contributed by atoms with Crippen LogP contribution in [0.5, 0.6) is 0 Å². The smallest absolute Gasteiger partial charge is 0.0316 e. The fraction of sp³-hybridized carbons (Fsp3) is 0.765. The van der Waals surface area contributed by atoms with Crippen molar-refractivity contribution in [1.29, 1.82) is 0 Å². The average Bonchev–Trinajstić information content (AvgIpc) is 2.35. The molecule has 100 valence electrons. The average molecular weight is 236 g/mol. The minimum Gasteiger partial charge on any atom is -0.103 e. The highest BCUT2D eigenvalue weighted by molar-refractivity contribution is 4.84. The van der Waals surface area contributed by atoms with Crippen LogP contribution >= 0.6 is 0 Å². The van der Waals surface area contributed by atoms with E-state index in [0.29, 0.717) is 0 Å². The summed E-state index contributed by atoms with van der Waals surface area (Å²) in [5.41, 5.74) is 0. The first-order valence-corrected chi connectivity index (χ1v) is 7.67. The van der Waals surface area contributed by atoms with Crippen LogP contribution in [0.15, 0.2) is 24.8 Å². The second kappa shape index (κ2) is 15.5. The lowest BCUT2D eigenvalue weighted by atomic mass is 10.1. The number of rotatable bonds is 13. The summed E-state index contributed by atoms with van der Waals surface area (Å²) in [6, 6.07) is 0. The molecule has 17 heavy (non-hydrogen) atoms. The molecule has 0 N–H and O–H groups in total. The van der Waals surface area contributed by atoms with Gasteiger partial charge < -0.3 is 0 Å². The highest BCUT2D eigenvalue weighted by Gasteiger charge is 1.90. The Labute approximate surface area is 109 Å². The van der Waals surface area contributed by atoms with Crippen molar-refractivity contribution < 1.29 is 0 Å². The molecule has 0 saturated heterocycles. The number of allylic oxidation sites excluding steroid dienone is 3. The molecule has 0 spiro atoms. The highest BCUT2D eigenvalue weighted by atomic mass is 14.0. The maximum atomic E-state index is 3.72. The molecular formula is C17H32. The molecule has 0 atom stereocenters. The molecule has 0 aromatic heterocycles. The molecule has 0 aliphatic carbocycles. The number of hydrogen-bond acceptors (Lipinski definition) is 0. The van der Waals surface area contributed by atoms with Gasteiger partial charge in [0.15, 0.2) is 0 Å². The summed E-state index contributed by atoms with van der Waals surface area (Å²) in [7, 11) is 0. The van der Waals surface area contributed by atoms with Crippen molar-refractivity contribution in [3.8, 4) is 0 Å². The minimum absolute atomic E-state index is 1.12. The normalized spacial score (nSPS) is 11.1. The van der Waals surface area contributed by atoms with Crippen LogP contribution in [0.4, 0.5) is 0 Å². The van der Waals surface area contributed by atoms with E-state index in [1.165, 1.54) is 70.6 Å². The maximum Gasteiger partial charge on any atom is -0.0316 e. The SMILES string of the molecule is C=CCC/C=C/CCCCCCCCCCC. The molecule has 0 rings (SSSR count). The van der Waals surface area contributed by atoms with Crippen LogP contribution in [0, 0.1) is 0 Å². The van der Waals surface area contributed by atoms with Crippen molar-refractivity contribution >= 4 is 0 Å². The molecule has 0 nitrogen and oxygen atoms in total. The van der Waals surface area contributed by atoms with Crippen LogP contribution in [0.25, 0.3) is 0 Å². The Kier molecular flexibility index (Phi) is 15.0. The zero-order valence-corrected chi connectivity index (χ0v) is 11.9. The zero-order chi connectivity index (χ0) is 12.6. The lowest BCUT2D eigenvalue weighted by Crippen LogP contribution is -1.80. The van der Waals surface area contributed by atoms with Gasteiger partial charge in [-0.05, 0) is 25.7 Å². The lowest BCUT2D eigenvalue weighted by Gasteiger charge is -2.00. The largest absolute Gasteiger partial charge is 0.103 e. The molecule has 0 aromatic rings. The van der Waals surface area contributed by atoms with Crippen molar-refractivity contribution in [2.45, 2.75) is 84.0 Å². The Balaban J connectivity index is 2.98. The molecule has 0 aromatic carbocycles. The molecular weight excluding hydrogens is 204 g/mol. The van der Waals surface area contributed by atoms with Gasteiger partial charge in [-0.2, -0.15) is 0 Å². The predicted octanol–water partition coefficient (Wildman–Crippen LogP) is 6.43. The summed E-state index contributed by atoms with van der Waals surface area (Å²) in [6.07, 6.45) is 23.0. The first-order chi connectivity index (χ1) is 8.41. The van der Waals surface area contributed by atoms with Crippen LogP contribution in [0.2, 0.25) is 0 Å². The van der Waals surface area contributed by atoms with Crippen LogP contribution in [-0.2, 0) is 0 Å². The number of unbranched alkanes of at least 4 members (excludes halogenated alkanes) is 10. The Hall–Kier alpha value is -0.520. The fourth-order valence-corrected chi connectivity index (χ4v) is 2.02. The van der Waals surface area contributed by atoms with E-state index in [9.17, 15) is 0 Å². The van der Waals surface area contributed by atoms with Gasteiger partial charge in [0, 0.05) is 0 Å². The van der Waals surface area contributed by atoms with E-state index < -0.39 is 0 Å². The topological polar surface area (TPSA) is 0 Å². The monoisotopic (exact) mass is 236 g/mol. The van der Waals surface area contributed by atoms with E-state index in [2.05, 4.69) is 25.7 Å². The Morgan fingerprint density at radius 1 is 0.647 bits per heavy atom. The second-order valence-electron chi connectivity index (χ2n) is 4.95. The molecule has 0 saturated carbocycles. The van der Waals surface area contributed by atoms with Gasteiger partial charge in [-0.1, -0.05) is 76.5 Å². The third-order valence-corrected chi connectivity index (χ3v) is 3.18. The second-order valence-corrected chi connectivity index (χ2v) is 4.95. The van der Waals surface area contributed by atoms with Crippen molar-refractivity contribution in [2.75, 3.05) is 0 Å². The molecule has 0 heterocycles. The van der Waals surface area contributed by atoms with Gasteiger partial charge in [-0.15, -0.1) is 6.58 Å². The van der Waals surface area contributed by atoms with Gasteiger partial charge in [-0.3, -0.25) is 0 Å². The summed E-state index contributed by atoms with van der Waals surface area (Å²) in [5, 5.41) is 0. The van der Waals surface area contributed by atoms with E-state index >= 15 is 0 Å². The van der Waals surface area contributed by atoms with Gasteiger partial charge in [0.25, 0.3) is 0 Å². The van der Waals surface area contributed by atoms with Crippen molar-refractivity contribution in [2.24, 2.45) is 0 Å². The van der Waals surface area contributed by atoms with Crippen LogP contribution in [-0.4, -0.2) is 0 Å². The van der Waals surface area contributed by atoms with Gasteiger partial charge in [0.05, 0.1) is 0 Å². The molecule has 0 radical (unpaired) electrons. The summed E-state index contributed by atoms with van der Waals surface area (Å²) in [5.74, 6) is 0. The maximum absolute atomic E-state index is 3.72. The standard InChI is InChI=1S/C17H32/c1-3-5-7-9-11-13-15-17-16-14-12-10-8-6-4-2/h3,9,11H,1,4-8,10,12-17H2,2H3/b11-9+. The quantitative estimate of drug-likeness (QED) is 0.255. The number of hydrogen-bond donors (Lipinski definition) is 0. The third-order valence-electron chi connectivity index (χ3n) is 3.18. The molecule has 0 amide bonds. The van der Waals surface area contributed by atoms with Gasteiger partial charge in [0.2, 0.25) is 0 Å². The van der Waals surface area contributed by atoms with Gasteiger partial charge in [-0.25, -0.2) is 0 Å². The van der Waals surface area contributed by atoms with Gasteiger partial charge in [0.1, 0.15) is 0 Å². The molecule has 0 aliphatic heterocycles. The first-order valence-electron chi connectivity index (χ1n) is 7.67. The summed E-state index contributed by atoms with van der Waals surface area (Å²) in [6.45, 7) is 6.00. The predicted molar refractivity (Wildman–Crippen MR) is 80.4 cm³/mol. The van der Waals surface area contributed by atoms with Crippen molar-refractivity contribution in [3.05, 3.63) is 24.8 Å². The summed E-state index contributed by atoms with van der Waals surface area (Å²) in [4.78, 5) is 0. The van der Waals surface area contributed by atoms with E-state index in [1.807, 2.05) is 6.08 Å². The zero-order valence-electron chi connectivity index (χ0n) is 11.9. The van der Waals surface area contributed by atoms with Crippen LogP contribution in [0.3, 0.4) is 0 Å². The van der Waals surface area contributed by atoms with E-state index in [1.54, 1.807) is 0 Å². The van der Waals surface area contributed by atoms with E-state index in [0.717, 1.165) is 6.42 Å². The van der Waals surface area contributed by atoms with Crippen LogP contribution < -0.4 is 0 Å². The lowest BCUT2D eigenvalue weighted by molar-refractivity contribution is 0.566.